The zero-order chi connectivity index (χ0) is 16.9. The number of methoxy groups -OCH3 is 1. The molecule has 0 unspecified atom stereocenters. The normalized spacial score (nSPS) is 18.3. The quantitative estimate of drug-likeness (QED) is 0.707. The predicted molar refractivity (Wildman–Crippen MR) is 86.6 cm³/mol. The molecule has 1 fully saturated rings. The van der Waals surface area contributed by atoms with Gasteiger partial charge in [0.1, 0.15) is 0 Å². The lowest BCUT2D eigenvalue weighted by molar-refractivity contribution is 0.0600. The molecule has 0 radical (unpaired) electrons. The Labute approximate surface area is 137 Å². The number of ether oxygens (including phenoxy) is 2. The first kappa shape index (κ1) is 17.9. The van der Waals surface area contributed by atoms with Gasteiger partial charge in [0.15, 0.2) is 0 Å². The molecule has 0 spiro atoms. The van der Waals surface area contributed by atoms with E-state index in [9.17, 15) is 13.2 Å². The average Bonchev–Trinajstić information content (AvgIpc) is 3.04. The Morgan fingerprint density at radius 2 is 2.22 bits per heavy atom. The van der Waals surface area contributed by atoms with E-state index in [1.54, 1.807) is 24.3 Å². The molecule has 7 heteroatoms. The van der Waals surface area contributed by atoms with Gasteiger partial charge >= 0.3 is 5.97 Å². The van der Waals surface area contributed by atoms with Gasteiger partial charge in [0.25, 0.3) is 0 Å². The first-order valence-electron chi connectivity index (χ1n) is 7.73. The van der Waals surface area contributed by atoms with Crippen LogP contribution in [0.2, 0.25) is 0 Å². The predicted octanol–water partition coefficient (Wildman–Crippen LogP) is 1.80. The summed E-state index contributed by atoms with van der Waals surface area (Å²) in [7, 11) is -2.16. The van der Waals surface area contributed by atoms with Crippen LogP contribution in [0.15, 0.2) is 24.3 Å². The fourth-order valence-corrected chi connectivity index (χ4v) is 4.23. The van der Waals surface area contributed by atoms with Crippen molar-refractivity contribution in [3.05, 3.63) is 35.4 Å². The number of hydrogen-bond acceptors (Lipinski definition) is 5. The van der Waals surface area contributed by atoms with E-state index in [1.807, 2.05) is 6.92 Å². The van der Waals surface area contributed by atoms with Crippen molar-refractivity contribution < 1.29 is 22.7 Å². The summed E-state index contributed by atoms with van der Waals surface area (Å²) in [4.78, 5) is 11.6. The monoisotopic (exact) mass is 341 g/mol. The maximum absolute atomic E-state index is 12.6. The molecule has 1 aromatic rings. The number of sulfonamides is 1. The van der Waals surface area contributed by atoms with Crippen molar-refractivity contribution in [1.82, 2.24) is 4.31 Å². The average molecular weight is 341 g/mol. The van der Waals surface area contributed by atoms with Gasteiger partial charge in [-0.05, 0) is 30.5 Å². The van der Waals surface area contributed by atoms with Crippen molar-refractivity contribution in [2.75, 3.05) is 26.8 Å². The molecule has 1 atom stereocenters. The molecular formula is C16H23NO5S. The molecule has 0 aliphatic carbocycles. The van der Waals surface area contributed by atoms with Crippen LogP contribution >= 0.6 is 0 Å². The number of likely N-dealkylation sites (N-methyl/N-ethyl adjacent to an activating group) is 1. The summed E-state index contributed by atoms with van der Waals surface area (Å²) in [5.74, 6) is -0.616. The SMILES string of the molecule is CCN(C[C@@H]1CCCO1)S(=O)(=O)Cc1cccc(C(=O)OC)c1. The highest BCUT2D eigenvalue weighted by molar-refractivity contribution is 7.88. The number of carbonyl (C=O) groups is 1. The Morgan fingerprint density at radius 1 is 1.43 bits per heavy atom. The lowest BCUT2D eigenvalue weighted by Gasteiger charge is -2.23. The zero-order valence-corrected chi connectivity index (χ0v) is 14.3. The summed E-state index contributed by atoms with van der Waals surface area (Å²) in [5.41, 5.74) is 0.918. The molecule has 1 aromatic carbocycles. The highest BCUT2D eigenvalue weighted by Gasteiger charge is 2.26. The van der Waals surface area contributed by atoms with Crippen LogP contribution in [0.3, 0.4) is 0 Å². The Kier molecular flexibility index (Phi) is 6.15. The van der Waals surface area contributed by atoms with Crippen molar-refractivity contribution >= 4 is 16.0 Å². The Morgan fingerprint density at radius 3 is 2.83 bits per heavy atom. The van der Waals surface area contributed by atoms with E-state index in [4.69, 9.17) is 4.74 Å². The lowest BCUT2D eigenvalue weighted by atomic mass is 10.1. The minimum atomic E-state index is -3.46. The molecule has 1 aliphatic rings. The summed E-state index contributed by atoms with van der Waals surface area (Å²) < 4.78 is 36.9. The third-order valence-corrected chi connectivity index (χ3v) is 5.77. The maximum atomic E-state index is 12.6. The van der Waals surface area contributed by atoms with Crippen LogP contribution in [0.25, 0.3) is 0 Å². The summed E-state index contributed by atoms with van der Waals surface area (Å²) in [6, 6.07) is 6.52. The third-order valence-electron chi connectivity index (χ3n) is 3.87. The lowest BCUT2D eigenvalue weighted by Crippen LogP contribution is -2.37. The van der Waals surface area contributed by atoms with Crippen LogP contribution in [0.4, 0.5) is 0 Å². The van der Waals surface area contributed by atoms with Crippen molar-refractivity contribution in [3.8, 4) is 0 Å². The third kappa shape index (κ3) is 4.76. The summed E-state index contributed by atoms with van der Waals surface area (Å²) in [6.07, 6.45) is 1.85. The number of hydrogen-bond donors (Lipinski definition) is 0. The highest BCUT2D eigenvalue weighted by atomic mass is 32.2. The molecule has 1 aliphatic heterocycles. The van der Waals surface area contributed by atoms with Crippen LogP contribution in [-0.2, 0) is 25.2 Å². The molecule has 0 N–H and O–H groups in total. The van der Waals surface area contributed by atoms with E-state index < -0.39 is 16.0 Å². The van der Waals surface area contributed by atoms with Gasteiger partial charge in [0.2, 0.25) is 10.0 Å². The molecule has 1 heterocycles. The van der Waals surface area contributed by atoms with Crippen molar-refractivity contribution in [2.24, 2.45) is 0 Å². The molecule has 2 rings (SSSR count). The summed E-state index contributed by atoms with van der Waals surface area (Å²) >= 11 is 0. The first-order valence-corrected chi connectivity index (χ1v) is 9.34. The van der Waals surface area contributed by atoms with E-state index >= 15 is 0 Å². The van der Waals surface area contributed by atoms with Crippen molar-refractivity contribution in [1.29, 1.82) is 0 Å². The van der Waals surface area contributed by atoms with E-state index in [1.165, 1.54) is 11.4 Å². The van der Waals surface area contributed by atoms with E-state index in [2.05, 4.69) is 4.74 Å². The Bertz CT molecular complexity index is 638. The first-order chi connectivity index (χ1) is 11.0. The second kappa shape index (κ2) is 7.90. The number of esters is 1. The van der Waals surface area contributed by atoms with E-state index in [-0.39, 0.29) is 11.9 Å². The summed E-state index contributed by atoms with van der Waals surface area (Å²) in [6.45, 7) is 3.30. The second-order valence-corrected chi connectivity index (χ2v) is 7.50. The summed E-state index contributed by atoms with van der Waals surface area (Å²) in [5, 5.41) is 0. The van der Waals surface area contributed by atoms with Crippen LogP contribution in [0.1, 0.15) is 35.7 Å². The maximum Gasteiger partial charge on any atom is 0.337 e. The molecule has 6 nitrogen and oxygen atoms in total. The molecule has 0 aromatic heterocycles. The largest absolute Gasteiger partial charge is 0.465 e. The smallest absolute Gasteiger partial charge is 0.337 e. The van der Waals surface area contributed by atoms with Gasteiger partial charge in [-0.15, -0.1) is 0 Å². The minimum absolute atomic E-state index is 0.0221. The van der Waals surface area contributed by atoms with Crippen molar-refractivity contribution in [3.63, 3.8) is 0 Å². The van der Waals surface area contributed by atoms with Crippen LogP contribution in [0, 0.1) is 0 Å². The number of benzene rings is 1. The molecule has 128 valence electrons. The number of carbonyl (C=O) groups excluding carboxylic acids is 1. The molecule has 0 bridgehead atoms. The van der Waals surface area contributed by atoms with Gasteiger partial charge < -0.3 is 9.47 Å². The van der Waals surface area contributed by atoms with Crippen LogP contribution in [0.5, 0.6) is 0 Å². The van der Waals surface area contributed by atoms with Gasteiger partial charge in [-0.1, -0.05) is 19.1 Å². The van der Waals surface area contributed by atoms with E-state index in [0.717, 1.165) is 12.8 Å². The van der Waals surface area contributed by atoms with Gasteiger partial charge in [-0.3, -0.25) is 0 Å². The zero-order valence-electron chi connectivity index (χ0n) is 13.5. The molecular weight excluding hydrogens is 318 g/mol. The standard InChI is InChI=1S/C16H23NO5S/c1-3-17(11-15-8-5-9-22-15)23(19,20)12-13-6-4-7-14(10-13)16(18)21-2/h4,6-7,10,15H,3,5,8-9,11-12H2,1-2H3/t15-/m0/s1. The topological polar surface area (TPSA) is 72.9 Å². The molecule has 0 saturated carbocycles. The fourth-order valence-electron chi connectivity index (χ4n) is 2.66. The number of rotatable bonds is 7. The fraction of sp³-hybridized carbons (Fsp3) is 0.562. The van der Waals surface area contributed by atoms with Gasteiger partial charge in [-0.2, -0.15) is 4.31 Å². The number of nitrogens with zero attached hydrogens (tertiary/aromatic N) is 1. The molecule has 23 heavy (non-hydrogen) atoms. The van der Waals surface area contributed by atoms with Crippen LogP contribution in [-0.4, -0.2) is 51.6 Å². The van der Waals surface area contributed by atoms with E-state index in [0.29, 0.717) is 30.8 Å². The highest BCUT2D eigenvalue weighted by Crippen LogP contribution is 2.18. The minimum Gasteiger partial charge on any atom is -0.465 e. The molecule has 1 saturated heterocycles. The Balaban J connectivity index is 2.10. The van der Waals surface area contributed by atoms with Gasteiger partial charge in [0.05, 0.1) is 24.5 Å². The second-order valence-electron chi connectivity index (χ2n) is 5.53. The van der Waals surface area contributed by atoms with Crippen molar-refractivity contribution in [2.45, 2.75) is 31.6 Å². The Hall–Kier alpha value is -1.44. The van der Waals surface area contributed by atoms with Gasteiger partial charge in [-0.25, -0.2) is 13.2 Å². The molecule has 0 amide bonds. The van der Waals surface area contributed by atoms with Gasteiger partial charge in [0, 0.05) is 19.7 Å². The van der Waals surface area contributed by atoms with Crippen LogP contribution < -0.4 is 0 Å².